The largest absolute Gasteiger partial charge is 0.398 e. The lowest BCUT2D eigenvalue weighted by Crippen LogP contribution is -2.42. The van der Waals surface area contributed by atoms with Crippen LogP contribution in [-0.2, 0) is 4.79 Å². The van der Waals surface area contributed by atoms with E-state index in [2.05, 4.69) is 15.2 Å². The van der Waals surface area contributed by atoms with Crippen LogP contribution in [0.3, 0.4) is 0 Å². The first-order valence-electron chi connectivity index (χ1n) is 7.38. The molecule has 1 aromatic carbocycles. The number of carbonyl (C=O) groups excluding carboxylic acids is 2. The number of H-pyrrole nitrogens is 1. The molecule has 0 radical (unpaired) electrons. The molecule has 1 heterocycles. The third-order valence-electron chi connectivity index (χ3n) is 3.24. The molecular formula is C15H18N6O3S. The number of thioether (sulfide) groups is 1. The molecule has 1 aromatic heterocycles. The number of rotatable bonds is 5. The van der Waals surface area contributed by atoms with Crippen molar-refractivity contribution in [3.63, 3.8) is 0 Å². The molecule has 0 saturated heterocycles. The lowest BCUT2D eigenvalue weighted by atomic mass is 10.1. The maximum Gasteiger partial charge on any atom is 0.318 e. The fourth-order valence-corrected chi connectivity index (χ4v) is 2.99. The second-order valence-corrected chi connectivity index (χ2v) is 6.66. The number of nitrogens with one attached hydrogen (secondary N) is 2. The zero-order chi connectivity index (χ0) is 18.6. The molecule has 0 spiro atoms. The van der Waals surface area contributed by atoms with E-state index in [0.717, 1.165) is 11.8 Å². The Bertz CT molecular complexity index is 851. The second-order valence-electron chi connectivity index (χ2n) is 5.53. The van der Waals surface area contributed by atoms with Crippen molar-refractivity contribution in [2.24, 2.45) is 11.7 Å². The Balaban J connectivity index is 2.28. The zero-order valence-corrected chi connectivity index (χ0v) is 14.5. The summed E-state index contributed by atoms with van der Waals surface area (Å²) in [5.74, 6) is -0.703. The molecule has 0 fully saturated rings. The third kappa shape index (κ3) is 4.57. The van der Waals surface area contributed by atoms with Crippen molar-refractivity contribution in [2.75, 3.05) is 5.73 Å². The normalized spacial score (nSPS) is 12.0. The Labute approximate surface area is 147 Å². The van der Waals surface area contributed by atoms with Gasteiger partial charge in [-0.1, -0.05) is 43.8 Å². The zero-order valence-electron chi connectivity index (χ0n) is 13.6. The molecule has 0 aliphatic heterocycles. The number of hydrogen-bond acceptors (Lipinski definition) is 7. The Morgan fingerprint density at radius 2 is 1.92 bits per heavy atom. The van der Waals surface area contributed by atoms with Gasteiger partial charge in [-0.2, -0.15) is 0 Å². The molecule has 0 aliphatic carbocycles. The monoisotopic (exact) mass is 362 g/mol. The van der Waals surface area contributed by atoms with E-state index in [1.54, 1.807) is 38.1 Å². The lowest BCUT2D eigenvalue weighted by Gasteiger charge is -2.17. The minimum Gasteiger partial charge on any atom is -0.398 e. The van der Waals surface area contributed by atoms with Crippen LogP contribution < -0.4 is 22.3 Å². The van der Waals surface area contributed by atoms with E-state index in [1.807, 2.05) is 5.32 Å². The smallest absolute Gasteiger partial charge is 0.318 e. The quantitative estimate of drug-likeness (QED) is 0.451. The fourth-order valence-electron chi connectivity index (χ4n) is 2.07. The molecule has 10 heteroatoms. The SMILES string of the molecule is CC(C)[C@H](Sc1nnc(-c2ccccc2N)c(=O)[nH]1)C(=O)NC(N)=O. The average molecular weight is 362 g/mol. The van der Waals surface area contributed by atoms with Gasteiger partial charge in [0.25, 0.3) is 5.56 Å². The van der Waals surface area contributed by atoms with Crippen LogP contribution in [0.4, 0.5) is 10.5 Å². The summed E-state index contributed by atoms with van der Waals surface area (Å²) in [7, 11) is 0. The van der Waals surface area contributed by atoms with Crippen LogP contribution in [0.1, 0.15) is 13.8 Å². The summed E-state index contributed by atoms with van der Waals surface area (Å²) in [4.78, 5) is 37.8. The topological polar surface area (TPSA) is 157 Å². The second kappa shape index (κ2) is 7.79. The van der Waals surface area contributed by atoms with Gasteiger partial charge in [0.2, 0.25) is 5.91 Å². The number of anilines is 1. The van der Waals surface area contributed by atoms with E-state index in [1.165, 1.54) is 0 Å². The molecule has 0 bridgehead atoms. The van der Waals surface area contributed by atoms with Gasteiger partial charge >= 0.3 is 6.03 Å². The van der Waals surface area contributed by atoms with Crippen LogP contribution in [0.25, 0.3) is 11.3 Å². The number of nitrogen functional groups attached to an aromatic ring is 1. The number of urea groups is 1. The number of para-hydroxylation sites is 1. The van der Waals surface area contributed by atoms with Crippen LogP contribution in [0.2, 0.25) is 0 Å². The van der Waals surface area contributed by atoms with Gasteiger partial charge in [0.05, 0.1) is 5.25 Å². The molecule has 2 aromatic rings. The highest BCUT2D eigenvalue weighted by molar-refractivity contribution is 8.00. The predicted molar refractivity (Wildman–Crippen MR) is 94.7 cm³/mol. The van der Waals surface area contributed by atoms with Gasteiger partial charge in [-0.25, -0.2) is 4.79 Å². The lowest BCUT2D eigenvalue weighted by molar-refractivity contribution is -0.120. The summed E-state index contributed by atoms with van der Waals surface area (Å²) >= 11 is 0.989. The van der Waals surface area contributed by atoms with E-state index >= 15 is 0 Å². The van der Waals surface area contributed by atoms with Crippen molar-refractivity contribution < 1.29 is 9.59 Å². The van der Waals surface area contributed by atoms with E-state index in [9.17, 15) is 14.4 Å². The number of primary amides is 1. The standard InChI is InChI=1S/C15H18N6O3S/c1-7(2)11(13(23)18-14(17)24)25-15-19-12(22)10(20-21-15)8-5-3-4-6-9(8)16/h3-7,11H,16H2,1-2H3,(H,19,21,22)(H3,17,18,23,24)/t11-/m0/s1. The van der Waals surface area contributed by atoms with E-state index in [0.29, 0.717) is 11.3 Å². The summed E-state index contributed by atoms with van der Waals surface area (Å²) in [5, 5.41) is 9.38. The van der Waals surface area contributed by atoms with E-state index in [4.69, 9.17) is 11.5 Å². The van der Waals surface area contributed by atoms with Gasteiger partial charge in [0.15, 0.2) is 10.9 Å². The van der Waals surface area contributed by atoms with Crippen LogP contribution in [0, 0.1) is 5.92 Å². The van der Waals surface area contributed by atoms with Gasteiger partial charge in [-0.05, 0) is 12.0 Å². The van der Waals surface area contributed by atoms with Crippen molar-refractivity contribution in [2.45, 2.75) is 24.3 Å². The maximum atomic E-state index is 12.3. The van der Waals surface area contributed by atoms with Crippen LogP contribution in [0.5, 0.6) is 0 Å². The minimum absolute atomic E-state index is 0.0881. The number of benzene rings is 1. The Hall–Kier alpha value is -2.88. The molecule has 2 rings (SSSR count). The summed E-state index contributed by atoms with van der Waals surface area (Å²) in [6, 6.07) is 5.86. The molecule has 25 heavy (non-hydrogen) atoms. The van der Waals surface area contributed by atoms with Crippen LogP contribution in [-0.4, -0.2) is 32.4 Å². The number of carbonyl (C=O) groups is 2. The summed E-state index contributed by atoms with van der Waals surface area (Å²) < 4.78 is 0. The van der Waals surface area contributed by atoms with Gasteiger partial charge in [0.1, 0.15) is 0 Å². The summed E-state index contributed by atoms with van der Waals surface area (Å²) in [6.07, 6.45) is 0. The number of amides is 3. The Kier molecular flexibility index (Phi) is 5.75. The molecule has 0 unspecified atom stereocenters. The van der Waals surface area contributed by atoms with Crippen LogP contribution >= 0.6 is 11.8 Å². The molecule has 1 atom stereocenters. The van der Waals surface area contributed by atoms with E-state index < -0.39 is 22.7 Å². The third-order valence-corrected chi connectivity index (χ3v) is 4.66. The van der Waals surface area contributed by atoms with Crippen molar-refractivity contribution in [1.82, 2.24) is 20.5 Å². The van der Waals surface area contributed by atoms with Gasteiger partial charge < -0.3 is 11.5 Å². The van der Waals surface area contributed by atoms with Crippen molar-refractivity contribution >= 4 is 29.4 Å². The highest BCUT2D eigenvalue weighted by atomic mass is 32.2. The van der Waals surface area contributed by atoms with Crippen molar-refractivity contribution in [1.29, 1.82) is 0 Å². The molecular weight excluding hydrogens is 344 g/mol. The molecule has 0 saturated carbocycles. The summed E-state index contributed by atoms with van der Waals surface area (Å²) in [5.41, 5.74) is 11.3. The molecule has 6 N–H and O–H groups in total. The van der Waals surface area contributed by atoms with Gasteiger partial charge in [0, 0.05) is 11.3 Å². The number of aromatic nitrogens is 3. The molecule has 9 nitrogen and oxygen atoms in total. The Morgan fingerprint density at radius 1 is 1.24 bits per heavy atom. The van der Waals surface area contributed by atoms with Gasteiger partial charge in [-0.3, -0.25) is 19.9 Å². The average Bonchev–Trinajstić information content (AvgIpc) is 2.52. The fraction of sp³-hybridized carbons (Fsp3) is 0.267. The number of imide groups is 1. The first-order chi connectivity index (χ1) is 11.8. The predicted octanol–water partition coefficient (Wildman–Crippen LogP) is 0.726. The van der Waals surface area contributed by atoms with Crippen molar-refractivity contribution in [3.8, 4) is 11.3 Å². The van der Waals surface area contributed by atoms with Crippen LogP contribution in [0.15, 0.2) is 34.2 Å². The van der Waals surface area contributed by atoms with Crippen molar-refractivity contribution in [3.05, 3.63) is 34.6 Å². The van der Waals surface area contributed by atoms with Gasteiger partial charge in [-0.15, -0.1) is 10.2 Å². The molecule has 0 aliphatic rings. The number of hydrogen-bond donors (Lipinski definition) is 4. The Morgan fingerprint density at radius 3 is 2.48 bits per heavy atom. The first kappa shape index (κ1) is 18.5. The molecule has 132 valence electrons. The number of aromatic amines is 1. The first-order valence-corrected chi connectivity index (χ1v) is 8.26. The van der Waals surface area contributed by atoms with E-state index in [-0.39, 0.29) is 16.8 Å². The summed E-state index contributed by atoms with van der Waals surface area (Å²) in [6.45, 7) is 3.59. The minimum atomic E-state index is -0.939. The maximum absolute atomic E-state index is 12.3. The molecule has 3 amide bonds. The number of nitrogens with zero attached hydrogens (tertiary/aromatic N) is 2. The number of nitrogens with two attached hydrogens (primary N) is 2. The highest BCUT2D eigenvalue weighted by Crippen LogP contribution is 2.26. The highest BCUT2D eigenvalue weighted by Gasteiger charge is 2.26.